The van der Waals surface area contributed by atoms with Gasteiger partial charge in [-0.25, -0.2) is 0 Å². The van der Waals surface area contributed by atoms with E-state index in [-0.39, 0.29) is 12.2 Å². The van der Waals surface area contributed by atoms with Crippen LogP contribution in [0.4, 0.5) is 0 Å². The minimum absolute atomic E-state index is 0.161. The van der Waals surface area contributed by atoms with Crippen LogP contribution in [0.1, 0.15) is 65.7 Å². The zero-order chi connectivity index (χ0) is 16.4. The van der Waals surface area contributed by atoms with Gasteiger partial charge < -0.3 is 10.2 Å². The molecular weight excluding hydrogens is 284 g/mol. The summed E-state index contributed by atoms with van der Waals surface area (Å²) in [6, 6.07) is 0. The van der Waals surface area contributed by atoms with Crippen LogP contribution in [0.3, 0.4) is 0 Å². The van der Waals surface area contributed by atoms with Gasteiger partial charge in [0.15, 0.2) is 0 Å². The summed E-state index contributed by atoms with van der Waals surface area (Å²) in [6.07, 6.45) is 10.0. The van der Waals surface area contributed by atoms with Crippen LogP contribution in [0.5, 0.6) is 0 Å². The lowest BCUT2D eigenvalue weighted by Gasteiger charge is -2.53. The second kappa shape index (κ2) is 5.46. The number of hydrogen-bond acceptors (Lipinski definition) is 2. The van der Waals surface area contributed by atoms with Crippen molar-refractivity contribution in [2.24, 2.45) is 29.1 Å². The Hall–Kier alpha value is -0.600. The molecule has 3 saturated carbocycles. The topological polar surface area (TPSA) is 40.5 Å². The van der Waals surface area contributed by atoms with Gasteiger partial charge in [0.2, 0.25) is 0 Å². The SMILES string of the molecule is CC1=C2C(=CC(O)C1)CCC1C2CC[C@@]2(C)C1CC[C@@H]2C(C)O. The molecule has 0 aromatic rings. The molecule has 3 fully saturated rings. The highest BCUT2D eigenvalue weighted by molar-refractivity contribution is 5.44. The molecule has 0 radical (unpaired) electrons. The number of fused-ring (bicyclic) bond motifs is 5. The number of aliphatic hydroxyl groups excluding tert-OH is 2. The third-order valence-electron chi connectivity index (χ3n) is 7.93. The van der Waals surface area contributed by atoms with Gasteiger partial charge in [-0.05, 0) is 99.0 Å². The van der Waals surface area contributed by atoms with Crippen molar-refractivity contribution in [3.8, 4) is 0 Å². The zero-order valence-corrected chi connectivity index (χ0v) is 14.9. The molecule has 4 rings (SSSR count). The molecule has 2 heteroatoms. The Labute approximate surface area is 140 Å². The fraction of sp³-hybridized carbons (Fsp3) is 0.810. The van der Waals surface area contributed by atoms with E-state index in [1.165, 1.54) is 43.3 Å². The van der Waals surface area contributed by atoms with E-state index < -0.39 is 0 Å². The molecule has 7 atom stereocenters. The maximum absolute atomic E-state index is 10.3. The minimum atomic E-state index is -0.259. The summed E-state index contributed by atoms with van der Waals surface area (Å²) in [4.78, 5) is 0. The Bertz CT molecular complexity index is 558. The molecule has 2 N–H and O–H groups in total. The van der Waals surface area contributed by atoms with Crippen molar-refractivity contribution < 1.29 is 10.2 Å². The smallest absolute Gasteiger partial charge is 0.0763 e. The lowest BCUT2D eigenvalue weighted by Crippen LogP contribution is -2.46. The van der Waals surface area contributed by atoms with Crippen LogP contribution >= 0.6 is 0 Å². The monoisotopic (exact) mass is 316 g/mol. The van der Waals surface area contributed by atoms with Crippen molar-refractivity contribution in [3.05, 3.63) is 22.8 Å². The van der Waals surface area contributed by atoms with Gasteiger partial charge in [-0.2, -0.15) is 0 Å². The van der Waals surface area contributed by atoms with Gasteiger partial charge in [-0.1, -0.05) is 18.6 Å². The second-order valence-corrected chi connectivity index (χ2v) is 9.04. The number of aliphatic hydroxyl groups is 2. The summed E-state index contributed by atoms with van der Waals surface area (Å²) in [7, 11) is 0. The first kappa shape index (κ1) is 15.9. The van der Waals surface area contributed by atoms with E-state index >= 15 is 0 Å². The Morgan fingerprint density at radius 3 is 2.74 bits per heavy atom. The van der Waals surface area contributed by atoms with Crippen molar-refractivity contribution in [2.45, 2.75) is 77.9 Å². The Morgan fingerprint density at radius 1 is 1.22 bits per heavy atom. The average molecular weight is 316 g/mol. The van der Waals surface area contributed by atoms with Crippen molar-refractivity contribution in [3.63, 3.8) is 0 Å². The van der Waals surface area contributed by atoms with E-state index in [2.05, 4.69) is 19.9 Å². The summed E-state index contributed by atoms with van der Waals surface area (Å²) in [5.74, 6) is 2.80. The Kier molecular flexibility index (Phi) is 3.77. The van der Waals surface area contributed by atoms with Crippen LogP contribution in [0.25, 0.3) is 0 Å². The van der Waals surface area contributed by atoms with Crippen molar-refractivity contribution in [1.82, 2.24) is 0 Å². The van der Waals surface area contributed by atoms with Crippen molar-refractivity contribution in [1.29, 1.82) is 0 Å². The zero-order valence-electron chi connectivity index (χ0n) is 14.9. The number of hydrogen-bond donors (Lipinski definition) is 2. The maximum atomic E-state index is 10.3. The summed E-state index contributed by atoms with van der Waals surface area (Å²) in [5, 5.41) is 20.3. The third kappa shape index (κ3) is 2.28. The summed E-state index contributed by atoms with van der Waals surface area (Å²) in [6.45, 7) is 6.71. The van der Waals surface area contributed by atoms with Crippen molar-refractivity contribution in [2.75, 3.05) is 0 Å². The van der Waals surface area contributed by atoms with Gasteiger partial charge in [0.25, 0.3) is 0 Å². The first-order valence-electron chi connectivity index (χ1n) is 9.68. The summed E-state index contributed by atoms with van der Waals surface area (Å²) >= 11 is 0. The first-order chi connectivity index (χ1) is 10.9. The quantitative estimate of drug-likeness (QED) is 0.760. The third-order valence-corrected chi connectivity index (χ3v) is 7.93. The van der Waals surface area contributed by atoms with E-state index in [1.54, 1.807) is 5.57 Å². The van der Waals surface area contributed by atoms with Crippen LogP contribution in [0, 0.1) is 29.1 Å². The molecule has 0 aliphatic heterocycles. The highest BCUT2D eigenvalue weighted by Crippen LogP contribution is 2.64. The minimum Gasteiger partial charge on any atom is -0.393 e. The fourth-order valence-electron chi connectivity index (χ4n) is 7.05. The fourth-order valence-corrected chi connectivity index (χ4v) is 7.05. The van der Waals surface area contributed by atoms with Crippen LogP contribution in [-0.4, -0.2) is 22.4 Å². The molecule has 0 bridgehead atoms. The molecule has 0 saturated heterocycles. The van der Waals surface area contributed by atoms with Gasteiger partial charge in [0.1, 0.15) is 0 Å². The molecule has 4 aliphatic carbocycles. The summed E-state index contributed by atoms with van der Waals surface area (Å²) in [5.41, 5.74) is 4.86. The molecule has 2 nitrogen and oxygen atoms in total. The van der Waals surface area contributed by atoms with Gasteiger partial charge in [0, 0.05) is 0 Å². The Balaban J connectivity index is 1.66. The molecule has 0 aromatic carbocycles. The maximum Gasteiger partial charge on any atom is 0.0763 e. The molecular formula is C21H32O2. The molecule has 4 aliphatic rings. The molecule has 0 amide bonds. The first-order valence-corrected chi connectivity index (χ1v) is 9.68. The normalized spacial score (nSPS) is 47.5. The van der Waals surface area contributed by atoms with Crippen LogP contribution in [0.2, 0.25) is 0 Å². The van der Waals surface area contributed by atoms with E-state index in [1.807, 2.05) is 6.92 Å². The molecule has 23 heavy (non-hydrogen) atoms. The van der Waals surface area contributed by atoms with E-state index in [4.69, 9.17) is 0 Å². The lowest BCUT2D eigenvalue weighted by atomic mass is 9.52. The van der Waals surface area contributed by atoms with E-state index in [9.17, 15) is 10.2 Å². The second-order valence-electron chi connectivity index (χ2n) is 9.04. The van der Waals surface area contributed by atoms with E-state index in [0.717, 1.165) is 24.7 Å². The van der Waals surface area contributed by atoms with Gasteiger partial charge in [0.05, 0.1) is 12.2 Å². The molecule has 5 unspecified atom stereocenters. The largest absolute Gasteiger partial charge is 0.393 e. The summed E-state index contributed by atoms with van der Waals surface area (Å²) < 4.78 is 0. The standard InChI is InChI=1S/C21H32O2/c1-12-10-15(23)11-14-4-5-16-17(20(12)14)8-9-21(3)18(13(2)22)6-7-19(16)21/h11,13,15-19,22-23H,4-10H2,1-3H3/t13?,15?,16?,17?,18-,19?,21-/m1/s1. The highest BCUT2D eigenvalue weighted by atomic mass is 16.3. The van der Waals surface area contributed by atoms with E-state index in [0.29, 0.717) is 17.3 Å². The predicted molar refractivity (Wildman–Crippen MR) is 92.9 cm³/mol. The van der Waals surface area contributed by atoms with Gasteiger partial charge >= 0.3 is 0 Å². The number of allylic oxidation sites excluding steroid dienone is 2. The molecule has 0 spiro atoms. The average Bonchev–Trinajstić information content (AvgIpc) is 2.83. The van der Waals surface area contributed by atoms with Crippen LogP contribution in [-0.2, 0) is 0 Å². The Morgan fingerprint density at radius 2 is 2.00 bits per heavy atom. The van der Waals surface area contributed by atoms with Gasteiger partial charge in [-0.3, -0.25) is 0 Å². The molecule has 0 heterocycles. The number of rotatable bonds is 1. The van der Waals surface area contributed by atoms with Gasteiger partial charge in [-0.15, -0.1) is 0 Å². The lowest BCUT2D eigenvalue weighted by molar-refractivity contribution is -0.0263. The van der Waals surface area contributed by atoms with Crippen molar-refractivity contribution >= 4 is 0 Å². The molecule has 128 valence electrons. The van der Waals surface area contributed by atoms with Crippen LogP contribution in [0.15, 0.2) is 22.8 Å². The van der Waals surface area contributed by atoms with Crippen LogP contribution < -0.4 is 0 Å². The highest BCUT2D eigenvalue weighted by Gasteiger charge is 2.56. The molecule has 0 aromatic heterocycles. The predicted octanol–water partition coefficient (Wildman–Crippen LogP) is 4.23.